The maximum atomic E-state index is 3.65. The Morgan fingerprint density at radius 2 is 1.72 bits per heavy atom. The first-order chi connectivity index (χ1) is 8.54. The number of nitrogens with one attached hydrogen (secondary N) is 1. The van der Waals surface area contributed by atoms with E-state index >= 15 is 0 Å². The van der Waals surface area contributed by atoms with Gasteiger partial charge in [-0.3, -0.25) is 0 Å². The van der Waals surface area contributed by atoms with E-state index in [4.69, 9.17) is 0 Å². The molecule has 3 heteroatoms. The van der Waals surface area contributed by atoms with Crippen molar-refractivity contribution in [2.75, 3.05) is 40.8 Å². The molecule has 0 unspecified atom stereocenters. The summed E-state index contributed by atoms with van der Waals surface area (Å²) in [5.41, 5.74) is 0.462. The highest BCUT2D eigenvalue weighted by molar-refractivity contribution is 4.97. The van der Waals surface area contributed by atoms with Gasteiger partial charge in [-0.1, -0.05) is 13.8 Å². The molecule has 0 radical (unpaired) electrons. The Kier molecular flexibility index (Phi) is 6.61. The van der Waals surface area contributed by atoms with Crippen LogP contribution in [0.4, 0.5) is 0 Å². The first-order valence-corrected chi connectivity index (χ1v) is 7.63. The molecule has 1 fully saturated rings. The van der Waals surface area contributed by atoms with Crippen LogP contribution in [0.25, 0.3) is 0 Å². The molecule has 0 aliphatic heterocycles. The summed E-state index contributed by atoms with van der Waals surface area (Å²) in [6, 6.07) is 0.699. The Morgan fingerprint density at radius 3 is 2.11 bits per heavy atom. The van der Waals surface area contributed by atoms with Gasteiger partial charge in [0, 0.05) is 31.2 Å². The van der Waals surface area contributed by atoms with E-state index < -0.39 is 0 Å². The Labute approximate surface area is 114 Å². The molecule has 0 bridgehead atoms. The first kappa shape index (κ1) is 15.9. The van der Waals surface area contributed by atoms with E-state index in [1.165, 1.54) is 38.6 Å². The molecule has 108 valence electrons. The molecular formula is C15H33N3. The van der Waals surface area contributed by atoms with Crippen molar-refractivity contribution in [1.29, 1.82) is 0 Å². The van der Waals surface area contributed by atoms with Crippen molar-refractivity contribution < 1.29 is 0 Å². The summed E-state index contributed by atoms with van der Waals surface area (Å²) in [5, 5.41) is 3.65. The smallest absolute Gasteiger partial charge is 0.0330 e. The Bertz CT molecular complexity index is 220. The van der Waals surface area contributed by atoms with Crippen LogP contribution in [0.1, 0.15) is 46.0 Å². The minimum atomic E-state index is 0.462. The standard InChI is InChI=1S/C15H33N3/c1-6-14(7-2)16-11-12-18(5)13-15(17(3)4)9-8-10-15/h14,16H,6-13H2,1-5H3. The van der Waals surface area contributed by atoms with Crippen LogP contribution >= 0.6 is 0 Å². The van der Waals surface area contributed by atoms with Crippen molar-refractivity contribution in [1.82, 2.24) is 15.1 Å². The molecule has 1 aliphatic carbocycles. The van der Waals surface area contributed by atoms with Crippen LogP contribution in [0.15, 0.2) is 0 Å². The van der Waals surface area contributed by atoms with Gasteiger partial charge in [-0.15, -0.1) is 0 Å². The number of hydrogen-bond donors (Lipinski definition) is 1. The van der Waals surface area contributed by atoms with E-state index in [2.05, 4.69) is 50.1 Å². The molecule has 0 spiro atoms. The molecule has 0 aromatic heterocycles. The zero-order valence-electron chi connectivity index (χ0n) is 13.1. The van der Waals surface area contributed by atoms with Gasteiger partial charge < -0.3 is 15.1 Å². The van der Waals surface area contributed by atoms with E-state index in [1.54, 1.807) is 0 Å². The van der Waals surface area contributed by atoms with Crippen LogP contribution in [0, 0.1) is 0 Å². The van der Waals surface area contributed by atoms with Gasteiger partial charge in [0.15, 0.2) is 0 Å². The number of likely N-dealkylation sites (N-methyl/N-ethyl adjacent to an activating group) is 2. The maximum absolute atomic E-state index is 3.65. The quantitative estimate of drug-likeness (QED) is 0.681. The summed E-state index contributed by atoms with van der Waals surface area (Å²) in [5.74, 6) is 0. The Hall–Kier alpha value is -0.120. The Balaban J connectivity index is 2.22. The molecular weight excluding hydrogens is 222 g/mol. The van der Waals surface area contributed by atoms with E-state index in [-0.39, 0.29) is 0 Å². The first-order valence-electron chi connectivity index (χ1n) is 7.63. The molecule has 3 nitrogen and oxygen atoms in total. The Morgan fingerprint density at radius 1 is 1.11 bits per heavy atom. The molecule has 1 saturated carbocycles. The average molecular weight is 255 g/mol. The summed E-state index contributed by atoms with van der Waals surface area (Å²) in [7, 11) is 6.73. The largest absolute Gasteiger partial charge is 0.313 e. The highest BCUT2D eigenvalue weighted by atomic mass is 15.2. The van der Waals surface area contributed by atoms with Crippen molar-refractivity contribution in [2.45, 2.75) is 57.5 Å². The van der Waals surface area contributed by atoms with Crippen molar-refractivity contribution in [3.63, 3.8) is 0 Å². The summed E-state index contributed by atoms with van der Waals surface area (Å²) in [6.45, 7) is 8.02. The van der Waals surface area contributed by atoms with E-state index in [0.717, 1.165) is 13.1 Å². The molecule has 1 N–H and O–H groups in total. The number of rotatable bonds is 9. The summed E-state index contributed by atoms with van der Waals surface area (Å²) >= 11 is 0. The lowest BCUT2D eigenvalue weighted by Gasteiger charge is -2.49. The molecule has 0 heterocycles. The third-order valence-corrected chi connectivity index (χ3v) is 4.71. The van der Waals surface area contributed by atoms with Crippen molar-refractivity contribution in [2.24, 2.45) is 0 Å². The highest BCUT2D eigenvalue weighted by Gasteiger charge is 2.39. The highest BCUT2D eigenvalue weighted by Crippen LogP contribution is 2.36. The molecule has 1 aliphatic rings. The monoisotopic (exact) mass is 255 g/mol. The van der Waals surface area contributed by atoms with Crippen molar-refractivity contribution in [3.05, 3.63) is 0 Å². The molecule has 0 atom stereocenters. The van der Waals surface area contributed by atoms with Gasteiger partial charge in [0.2, 0.25) is 0 Å². The lowest BCUT2D eigenvalue weighted by Crippen LogP contribution is -2.57. The van der Waals surface area contributed by atoms with Crippen LogP contribution in [0.2, 0.25) is 0 Å². The fraction of sp³-hybridized carbons (Fsp3) is 1.00. The van der Waals surface area contributed by atoms with Crippen molar-refractivity contribution in [3.8, 4) is 0 Å². The van der Waals surface area contributed by atoms with Gasteiger partial charge >= 0.3 is 0 Å². The fourth-order valence-corrected chi connectivity index (χ4v) is 2.95. The fourth-order valence-electron chi connectivity index (χ4n) is 2.95. The van der Waals surface area contributed by atoms with Gasteiger partial charge in [0.25, 0.3) is 0 Å². The number of hydrogen-bond acceptors (Lipinski definition) is 3. The van der Waals surface area contributed by atoms with E-state index in [1.807, 2.05) is 0 Å². The van der Waals surface area contributed by atoms with Gasteiger partial charge in [0.05, 0.1) is 0 Å². The minimum absolute atomic E-state index is 0.462. The predicted octanol–water partition coefficient (Wildman–Crippen LogP) is 2.18. The second-order valence-electron chi connectivity index (χ2n) is 6.18. The lowest BCUT2D eigenvalue weighted by atomic mass is 9.75. The molecule has 0 amide bonds. The summed E-state index contributed by atoms with van der Waals surface area (Å²) < 4.78 is 0. The third kappa shape index (κ3) is 4.22. The van der Waals surface area contributed by atoms with Crippen LogP contribution in [0.3, 0.4) is 0 Å². The van der Waals surface area contributed by atoms with Gasteiger partial charge in [-0.05, 0) is 53.2 Å². The van der Waals surface area contributed by atoms with E-state index in [0.29, 0.717) is 11.6 Å². The molecule has 1 rings (SSSR count). The summed E-state index contributed by atoms with van der Waals surface area (Å²) in [4.78, 5) is 4.93. The van der Waals surface area contributed by atoms with Crippen LogP contribution in [-0.4, -0.2) is 62.2 Å². The molecule has 0 saturated heterocycles. The zero-order chi connectivity index (χ0) is 13.6. The van der Waals surface area contributed by atoms with E-state index in [9.17, 15) is 0 Å². The van der Waals surface area contributed by atoms with Crippen LogP contribution < -0.4 is 5.32 Å². The van der Waals surface area contributed by atoms with Gasteiger partial charge in [-0.25, -0.2) is 0 Å². The summed E-state index contributed by atoms with van der Waals surface area (Å²) in [6.07, 6.45) is 6.61. The molecule has 18 heavy (non-hydrogen) atoms. The lowest BCUT2D eigenvalue weighted by molar-refractivity contribution is 0.0280. The molecule has 0 aromatic carbocycles. The SMILES string of the molecule is CCC(CC)NCCN(C)CC1(N(C)C)CCC1. The second-order valence-corrected chi connectivity index (χ2v) is 6.18. The minimum Gasteiger partial charge on any atom is -0.313 e. The van der Waals surface area contributed by atoms with Crippen LogP contribution in [0.5, 0.6) is 0 Å². The normalized spacial score (nSPS) is 18.7. The number of nitrogens with zero attached hydrogens (tertiary/aromatic N) is 2. The maximum Gasteiger partial charge on any atom is 0.0330 e. The predicted molar refractivity (Wildman–Crippen MR) is 80.1 cm³/mol. The zero-order valence-corrected chi connectivity index (χ0v) is 13.1. The van der Waals surface area contributed by atoms with Gasteiger partial charge in [0.1, 0.15) is 0 Å². The third-order valence-electron chi connectivity index (χ3n) is 4.71. The topological polar surface area (TPSA) is 18.5 Å². The average Bonchev–Trinajstić information content (AvgIpc) is 2.29. The van der Waals surface area contributed by atoms with Crippen LogP contribution in [-0.2, 0) is 0 Å². The van der Waals surface area contributed by atoms with Gasteiger partial charge in [-0.2, -0.15) is 0 Å². The molecule has 0 aromatic rings. The van der Waals surface area contributed by atoms with Crippen molar-refractivity contribution >= 4 is 0 Å². The second kappa shape index (κ2) is 7.46.